The van der Waals surface area contributed by atoms with Gasteiger partial charge in [0.05, 0.1) is 5.92 Å². The second kappa shape index (κ2) is 7.70. The Bertz CT molecular complexity index is 1070. The molecule has 0 radical (unpaired) electrons. The molecule has 1 N–H and O–H groups in total. The fourth-order valence-corrected chi connectivity index (χ4v) is 6.35. The van der Waals surface area contributed by atoms with E-state index in [2.05, 4.69) is 20.4 Å². The van der Waals surface area contributed by atoms with E-state index in [1.807, 2.05) is 0 Å². The first-order valence-electron chi connectivity index (χ1n) is 8.53. The normalized spacial score (nSPS) is 18.2. The van der Waals surface area contributed by atoms with Gasteiger partial charge in [-0.1, -0.05) is 5.16 Å². The van der Waals surface area contributed by atoms with Crippen molar-refractivity contribution in [3.8, 4) is 11.4 Å². The van der Waals surface area contributed by atoms with E-state index in [0.717, 1.165) is 11.3 Å². The highest BCUT2D eigenvalue weighted by atomic mass is 32.2. The minimum Gasteiger partial charge on any atom is -0.339 e. The number of anilines is 1. The molecule has 1 saturated heterocycles. The van der Waals surface area contributed by atoms with Crippen molar-refractivity contribution in [1.82, 2.24) is 19.4 Å². The first kappa shape index (κ1) is 19.2. The lowest BCUT2D eigenvalue weighted by atomic mass is 9.99. The second-order valence-electron chi connectivity index (χ2n) is 6.32. The van der Waals surface area contributed by atoms with Gasteiger partial charge in [-0.3, -0.25) is 4.79 Å². The Labute approximate surface area is 169 Å². The lowest BCUT2D eigenvalue weighted by Gasteiger charge is -2.30. The van der Waals surface area contributed by atoms with E-state index in [1.165, 1.54) is 15.6 Å². The van der Waals surface area contributed by atoms with Crippen molar-refractivity contribution in [3.05, 3.63) is 28.9 Å². The lowest BCUT2D eigenvalue weighted by molar-refractivity contribution is -0.120. The van der Waals surface area contributed by atoms with Gasteiger partial charge < -0.3 is 9.84 Å². The molecule has 3 aromatic rings. The average molecular weight is 440 g/mol. The SMILES string of the molecule is Cc1nc(-c2csc(S(=O)(=O)N3CCC[C@H](C(=O)Nc4nccs4)C3)c2)no1. The summed E-state index contributed by atoms with van der Waals surface area (Å²) < 4.78 is 32.6. The van der Waals surface area contributed by atoms with Gasteiger partial charge in [-0.05, 0) is 18.9 Å². The third-order valence-electron chi connectivity index (χ3n) is 4.37. The molecular weight excluding hydrogens is 422 g/mol. The molecule has 1 aliphatic heterocycles. The molecule has 28 heavy (non-hydrogen) atoms. The third kappa shape index (κ3) is 3.85. The zero-order chi connectivity index (χ0) is 19.7. The number of carbonyl (C=O) groups is 1. The smallest absolute Gasteiger partial charge is 0.252 e. The fraction of sp³-hybridized carbons (Fsp3) is 0.375. The number of carbonyl (C=O) groups excluding carboxylic acids is 1. The van der Waals surface area contributed by atoms with Gasteiger partial charge in [0.25, 0.3) is 10.0 Å². The van der Waals surface area contributed by atoms with Crippen LogP contribution in [-0.2, 0) is 14.8 Å². The highest BCUT2D eigenvalue weighted by Gasteiger charge is 2.34. The molecule has 0 aromatic carbocycles. The average Bonchev–Trinajstić information content (AvgIpc) is 3.43. The maximum atomic E-state index is 13.1. The Kier molecular flexibility index (Phi) is 5.27. The molecule has 12 heteroatoms. The van der Waals surface area contributed by atoms with E-state index in [9.17, 15) is 13.2 Å². The van der Waals surface area contributed by atoms with Crippen molar-refractivity contribution >= 4 is 43.7 Å². The van der Waals surface area contributed by atoms with Gasteiger partial charge in [-0.25, -0.2) is 13.4 Å². The minimum absolute atomic E-state index is 0.147. The quantitative estimate of drug-likeness (QED) is 0.649. The summed E-state index contributed by atoms with van der Waals surface area (Å²) >= 11 is 2.44. The summed E-state index contributed by atoms with van der Waals surface area (Å²) in [4.78, 5) is 20.6. The van der Waals surface area contributed by atoms with Crippen LogP contribution < -0.4 is 5.32 Å². The Morgan fingerprint density at radius 2 is 2.25 bits per heavy atom. The van der Waals surface area contributed by atoms with E-state index in [1.54, 1.807) is 29.9 Å². The number of aromatic nitrogens is 3. The van der Waals surface area contributed by atoms with Crippen LogP contribution in [0.3, 0.4) is 0 Å². The lowest BCUT2D eigenvalue weighted by Crippen LogP contribution is -2.43. The highest BCUT2D eigenvalue weighted by Crippen LogP contribution is 2.31. The van der Waals surface area contributed by atoms with Crippen LogP contribution >= 0.6 is 22.7 Å². The summed E-state index contributed by atoms with van der Waals surface area (Å²) in [5.41, 5.74) is 0.593. The molecule has 0 unspecified atom stereocenters. The van der Waals surface area contributed by atoms with Gasteiger partial charge in [-0.2, -0.15) is 9.29 Å². The number of piperidine rings is 1. The molecule has 4 heterocycles. The maximum Gasteiger partial charge on any atom is 0.252 e. The highest BCUT2D eigenvalue weighted by molar-refractivity contribution is 7.91. The Balaban J connectivity index is 1.49. The van der Waals surface area contributed by atoms with Crippen molar-refractivity contribution in [1.29, 1.82) is 0 Å². The molecule has 0 bridgehead atoms. The predicted molar refractivity (Wildman–Crippen MR) is 105 cm³/mol. The van der Waals surface area contributed by atoms with Crippen molar-refractivity contribution in [2.45, 2.75) is 24.0 Å². The first-order valence-corrected chi connectivity index (χ1v) is 11.7. The Hall–Kier alpha value is -2.15. The number of nitrogens with one attached hydrogen (secondary N) is 1. The number of hydrogen-bond acceptors (Lipinski definition) is 9. The molecule has 4 rings (SSSR count). The summed E-state index contributed by atoms with van der Waals surface area (Å²) in [5.74, 6) is 0.154. The second-order valence-corrected chi connectivity index (χ2v) is 10.3. The Morgan fingerprint density at radius 1 is 1.39 bits per heavy atom. The summed E-state index contributed by atoms with van der Waals surface area (Å²) in [6.07, 6.45) is 2.87. The standard InChI is InChI=1S/C16H17N5O4S3/c1-10-18-14(20-25-10)12-7-13(27-9-12)28(23,24)21-5-2-3-11(8-21)15(22)19-16-17-4-6-26-16/h4,6-7,9,11H,2-3,5,8H2,1H3,(H,17,19,22)/t11-/m0/s1. The number of rotatable bonds is 5. The van der Waals surface area contributed by atoms with E-state index >= 15 is 0 Å². The molecule has 1 amide bonds. The zero-order valence-electron chi connectivity index (χ0n) is 14.9. The van der Waals surface area contributed by atoms with Crippen LogP contribution in [0.4, 0.5) is 5.13 Å². The zero-order valence-corrected chi connectivity index (χ0v) is 17.3. The van der Waals surface area contributed by atoms with Gasteiger partial charge >= 0.3 is 0 Å². The van der Waals surface area contributed by atoms with Gasteiger partial charge in [0.2, 0.25) is 17.6 Å². The van der Waals surface area contributed by atoms with Crippen molar-refractivity contribution in [3.63, 3.8) is 0 Å². The van der Waals surface area contributed by atoms with Crippen LogP contribution in [0, 0.1) is 12.8 Å². The molecule has 9 nitrogen and oxygen atoms in total. The molecule has 0 aliphatic carbocycles. The fourth-order valence-electron chi connectivity index (χ4n) is 2.98. The number of aryl methyl sites for hydroxylation is 1. The number of amides is 1. The van der Waals surface area contributed by atoms with E-state index in [-0.39, 0.29) is 16.7 Å². The number of sulfonamides is 1. The molecular formula is C16H17N5O4S3. The molecule has 1 fully saturated rings. The maximum absolute atomic E-state index is 13.1. The minimum atomic E-state index is -3.70. The van der Waals surface area contributed by atoms with Gasteiger partial charge in [0.15, 0.2) is 5.13 Å². The molecule has 1 aliphatic rings. The number of thiophene rings is 1. The van der Waals surface area contributed by atoms with E-state index < -0.39 is 15.9 Å². The van der Waals surface area contributed by atoms with Gasteiger partial charge in [-0.15, -0.1) is 22.7 Å². The number of thiazole rings is 1. The number of hydrogen-bond donors (Lipinski definition) is 1. The van der Waals surface area contributed by atoms with Crippen molar-refractivity contribution in [2.24, 2.45) is 5.92 Å². The molecule has 1 atom stereocenters. The molecule has 148 valence electrons. The predicted octanol–water partition coefficient (Wildman–Crippen LogP) is 2.60. The summed E-state index contributed by atoms with van der Waals surface area (Å²) in [7, 11) is -3.70. The van der Waals surface area contributed by atoms with Crippen LogP contribution in [0.15, 0.2) is 31.8 Å². The number of nitrogens with zero attached hydrogens (tertiary/aromatic N) is 4. The van der Waals surface area contributed by atoms with Crippen LogP contribution in [0.1, 0.15) is 18.7 Å². The molecule has 0 saturated carbocycles. The van der Waals surface area contributed by atoms with Crippen LogP contribution in [0.5, 0.6) is 0 Å². The van der Waals surface area contributed by atoms with Crippen molar-refractivity contribution in [2.75, 3.05) is 18.4 Å². The van der Waals surface area contributed by atoms with Crippen LogP contribution in [-0.4, -0.2) is 46.8 Å². The third-order valence-corrected chi connectivity index (χ3v) is 8.34. The van der Waals surface area contributed by atoms with E-state index in [4.69, 9.17) is 4.52 Å². The molecule has 0 spiro atoms. The van der Waals surface area contributed by atoms with Crippen LogP contribution in [0.25, 0.3) is 11.4 Å². The first-order chi connectivity index (χ1) is 13.4. The Morgan fingerprint density at radius 3 is 2.96 bits per heavy atom. The summed E-state index contributed by atoms with van der Waals surface area (Å²) in [5, 5.41) is 10.5. The van der Waals surface area contributed by atoms with Gasteiger partial charge in [0.1, 0.15) is 4.21 Å². The monoisotopic (exact) mass is 439 g/mol. The van der Waals surface area contributed by atoms with Gasteiger partial charge in [0, 0.05) is 42.5 Å². The topological polar surface area (TPSA) is 118 Å². The van der Waals surface area contributed by atoms with E-state index in [0.29, 0.717) is 41.8 Å². The largest absolute Gasteiger partial charge is 0.339 e. The summed E-state index contributed by atoms with van der Waals surface area (Å²) in [6, 6.07) is 1.55. The molecule has 3 aromatic heterocycles. The van der Waals surface area contributed by atoms with Crippen molar-refractivity contribution < 1.29 is 17.7 Å². The van der Waals surface area contributed by atoms with Crippen LogP contribution in [0.2, 0.25) is 0 Å². The summed E-state index contributed by atoms with van der Waals surface area (Å²) in [6.45, 7) is 2.21.